The maximum absolute atomic E-state index is 6.29. The predicted molar refractivity (Wildman–Crippen MR) is 122 cm³/mol. The summed E-state index contributed by atoms with van der Waals surface area (Å²) >= 11 is 0. The van der Waals surface area contributed by atoms with Gasteiger partial charge < -0.3 is 20.3 Å². The minimum Gasteiger partial charge on any atom is -0.494 e. The summed E-state index contributed by atoms with van der Waals surface area (Å²) in [5.41, 5.74) is 7.58. The molecule has 1 aliphatic heterocycles. The molecule has 0 spiro atoms. The average Bonchev–Trinajstić information content (AvgIpc) is 3.48. The van der Waals surface area contributed by atoms with E-state index in [4.69, 9.17) is 15.5 Å². The van der Waals surface area contributed by atoms with E-state index in [2.05, 4.69) is 31.9 Å². The molecule has 0 radical (unpaired) electrons. The molecule has 1 aromatic carbocycles. The van der Waals surface area contributed by atoms with Crippen molar-refractivity contribution in [2.75, 3.05) is 37.7 Å². The van der Waals surface area contributed by atoms with Gasteiger partial charge in [0.1, 0.15) is 5.75 Å². The van der Waals surface area contributed by atoms with Crippen molar-refractivity contribution >= 4 is 35.9 Å². The van der Waals surface area contributed by atoms with Crippen LogP contribution in [0.1, 0.15) is 24.8 Å². The third-order valence-electron chi connectivity index (χ3n) is 5.09. The smallest absolute Gasteiger partial charge is 0.225 e. The topological polar surface area (TPSA) is 79.9 Å². The number of halogens is 1. The van der Waals surface area contributed by atoms with Gasteiger partial charge in [0.15, 0.2) is 5.96 Å². The van der Waals surface area contributed by atoms with Crippen molar-refractivity contribution in [2.45, 2.75) is 25.3 Å². The third-order valence-corrected chi connectivity index (χ3v) is 5.09. The molecule has 0 unspecified atom stereocenters. The molecule has 1 aromatic heterocycles. The second kappa shape index (κ2) is 9.40. The van der Waals surface area contributed by atoms with Gasteiger partial charge in [0, 0.05) is 44.5 Å². The molecule has 1 saturated carbocycles. The van der Waals surface area contributed by atoms with Gasteiger partial charge in [-0.1, -0.05) is 12.1 Å². The Morgan fingerprint density at radius 1 is 1.18 bits per heavy atom. The maximum Gasteiger partial charge on any atom is 0.225 e. The number of piperazine rings is 1. The van der Waals surface area contributed by atoms with Crippen molar-refractivity contribution < 1.29 is 4.74 Å². The number of anilines is 1. The summed E-state index contributed by atoms with van der Waals surface area (Å²) in [6.45, 7) is 6.06. The molecule has 2 N–H and O–H groups in total. The van der Waals surface area contributed by atoms with Crippen molar-refractivity contribution in [3.8, 4) is 5.75 Å². The van der Waals surface area contributed by atoms with E-state index >= 15 is 0 Å². The van der Waals surface area contributed by atoms with Gasteiger partial charge in [-0.3, -0.25) is 0 Å². The fraction of sp³-hybridized carbons (Fsp3) is 0.450. The Kier molecular flexibility index (Phi) is 6.93. The molecule has 0 amide bonds. The molecule has 150 valence electrons. The van der Waals surface area contributed by atoms with Crippen molar-refractivity contribution in [3.05, 3.63) is 48.3 Å². The summed E-state index contributed by atoms with van der Waals surface area (Å²) in [6, 6.07) is 10.4. The number of nitrogens with zero attached hydrogens (tertiary/aromatic N) is 5. The lowest BCUT2D eigenvalue weighted by molar-refractivity contribution is 0.340. The van der Waals surface area contributed by atoms with Crippen LogP contribution in [-0.4, -0.2) is 59.7 Å². The van der Waals surface area contributed by atoms with E-state index in [0.717, 1.165) is 44.3 Å². The van der Waals surface area contributed by atoms with E-state index in [9.17, 15) is 0 Å². The first kappa shape index (κ1) is 20.6. The maximum atomic E-state index is 6.29. The number of hydrogen-bond donors (Lipinski definition) is 1. The summed E-state index contributed by atoms with van der Waals surface area (Å²) in [6.07, 6.45) is 4.60. The Hall–Kier alpha value is -2.10. The third kappa shape index (κ3) is 4.84. The predicted octanol–water partition coefficient (Wildman–Crippen LogP) is 2.49. The molecule has 7 nitrogen and oxygen atoms in total. The zero-order chi connectivity index (χ0) is 18.6. The van der Waals surface area contributed by atoms with Crippen LogP contribution in [0.2, 0.25) is 0 Å². The van der Waals surface area contributed by atoms with Gasteiger partial charge in [0.2, 0.25) is 5.95 Å². The molecule has 2 aliphatic rings. The number of benzene rings is 1. The summed E-state index contributed by atoms with van der Waals surface area (Å²) < 4.78 is 5.60. The van der Waals surface area contributed by atoms with Gasteiger partial charge in [0.25, 0.3) is 0 Å². The largest absolute Gasteiger partial charge is 0.494 e. The number of nitrogens with two attached hydrogens (primary N) is 1. The molecule has 0 bridgehead atoms. The fourth-order valence-corrected chi connectivity index (χ4v) is 3.53. The van der Waals surface area contributed by atoms with Crippen LogP contribution in [-0.2, 0) is 0 Å². The van der Waals surface area contributed by atoms with Crippen LogP contribution in [0.15, 0.2) is 47.7 Å². The van der Waals surface area contributed by atoms with E-state index < -0.39 is 0 Å². The lowest BCUT2D eigenvalue weighted by Gasteiger charge is -2.35. The number of aromatic nitrogens is 2. The highest BCUT2D eigenvalue weighted by Crippen LogP contribution is 2.44. The Morgan fingerprint density at radius 2 is 1.93 bits per heavy atom. The van der Waals surface area contributed by atoms with Gasteiger partial charge in [-0.2, -0.15) is 0 Å². The van der Waals surface area contributed by atoms with Crippen LogP contribution in [0.4, 0.5) is 5.95 Å². The second-order valence-electron chi connectivity index (χ2n) is 6.93. The number of aliphatic imine (C=N–C) groups is 1. The first-order valence-electron chi connectivity index (χ1n) is 9.57. The Labute approximate surface area is 183 Å². The van der Waals surface area contributed by atoms with Crippen LogP contribution in [0.25, 0.3) is 0 Å². The number of hydrogen-bond acceptors (Lipinski definition) is 5. The van der Waals surface area contributed by atoms with Crippen molar-refractivity contribution in [2.24, 2.45) is 10.7 Å². The summed E-state index contributed by atoms with van der Waals surface area (Å²) in [5, 5.41) is 0. The first-order chi connectivity index (χ1) is 13.2. The van der Waals surface area contributed by atoms with E-state index in [1.807, 2.05) is 25.1 Å². The van der Waals surface area contributed by atoms with Gasteiger partial charge in [0.05, 0.1) is 12.6 Å². The van der Waals surface area contributed by atoms with Crippen LogP contribution < -0.4 is 15.4 Å². The molecule has 2 heterocycles. The van der Waals surface area contributed by atoms with E-state index in [1.165, 1.54) is 5.56 Å². The van der Waals surface area contributed by atoms with Crippen LogP contribution in [0.5, 0.6) is 5.75 Å². The number of ether oxygens (including phenoxy) is 1. The number of rotatable bonds is 5. The average molecular weight is 494 g/mol. The highest BCUT2D eigenvalue weighted by atomic mass is 127. The minimum absolute atomic E-state index is 0. The van der Waals surface area contributed by atoms with Crippen molar-refractivity contribution in [3.63, 3.8) is 0 Å². The van der Waals surface area contributed by atoms with Crippen molar-refractivity contribution in [1.82, 2.24) is 14.9 Å². The molecule has 2 fully saturated rings. The molecule has 8 heteroatoms. The first-order valence-corrected chi connectivity index (χ1v) is 9.57. The number of guanidine groups is 1. The zero-order valence-corrected chi connectivity index (χ0v) is 18.4. The minimum atomic E-state index is 0. The SMILES string of the molecule is CCOc1cccc([C@@H]2C[C@H]2N=C(N)N2CCN(c3ncccn3)CC2)c1.I. The monoisotopic (exact) mass is 494 g/mol. The zero-order valence-electron chi connectivity index (χ0n) is 16.1. The summed E-state index contributed by atoms with van der Waals surface area (Å²) in [4.78, 5) is 17.8. The van der Waals surface area contributed by atoms with Crippen LogP contribution in [0.3, 0.4) is 0 Å². The standard InChI is InChI=1S/C20H26N6O.HI/c1-2-27-16-6-3-5-15(13-16)17-14-18(17)24-19(21)25-9-11-26(12-10-25)20-22-7-4-8-23-20;/h3-8,13,17-18H,2,9-12,14H2,1H3,(H2,21,24);1H/t17-,18+;/m0./s1. The quantitative estimate of drug-likeness (QED) is 0.391. The molecule has 2 atom stereocenters. The lowest BCUT2D eigenvalue weighted by Crippen LogP contribution is -2.51. The Balaban J connectivity index is 0.00000225. The Bertz CT molecular complexity index is 794. The van der Waals surface area contributed by atoms with Crippen LogP contribution >= 0.6 is 24.0 Å². The highest BCUT2D eigenvalue weighted by Gasteiger charge is 2.39. The normalized spacial score (nSPS) is 21.8. The van der Waals surface area contributed by atoms with E-state index in [1.54, 1.807) is 12.4 Å². The Morgan fingerprint density at radius 3 is 2.64 bits per heavy atom. The van der Waals surface area contributed by atoms with E-state index in [-0.39, 0.29) is 30.0 Å². The highest BCUT2D eigenvalue weighted by molar-refractivity contribution is 14.0. The molecule has 1 aliphatic carbocycles. The summed E-state index contributed by atoms with van der Waals surface area (Å²) in [7, 11) is 0. The molecule has 28 heavy (non-hydrogen) atoms. The molecular weight excluding hydrogens is 467 g/mol. The molecule has 1 saturated heterocycles. The molecule has 4 rings (SSSR count). The van der Waals surface area contributed by atoms with Gasteiger partial charge in [-0.25, -0.2) is 15.0 Å². The van der Waals surface area contributed by atoms with Crippen molar-refractivity contribution in [1.29, 1.82) is 0 Å². The lowest BCUT2D eigenvalue weighted by atomic mass is 10.1. The van der Waals surface area contributed by atoms with Gasteiger partial charge in [-0.05, 0) is 37.1 Å². The van der Waals surface area contributed by atoms with Crippen LogP contribution in [0, 0.1) is 0 Å². The summed E-state index contributed by atoms with van der Waals surface area (Å²) in [5.74, 6) is 2.81. The molecule has 2 aromatic rings. The van der Waals surface area contributed by atoms with Gasteiger partial charge >= 0.3 is 0 Å². The van der Waals surface area contributed by atoms with Gasteiger partial charge in [-0.15, -0.1) is 24.0 Å². The molecular formula is C20H27IN6O. The second-order valence-corrected chi connectivity index (χ2v) is 6.93. The fourth-order valence-electron chi connectivity index (χ4n) is 3.53. The van der Waals surface area contributed by atoms with E-state index in [0.29, 0.717) is 18.5 Å².